The Labute approximate surface area is 193 Å². The number of carbonyl (C=O) groups is 1. The van der Waals surface area contributed by atoms with Crippen LogP contribution in [-0.2, 0) is 11.3 Å². The van der Waals surface area contributed by atoms with E-state index >= 15 is 0 Å². The van der Waals surface area contributed by atoms with Gasteiger partial charge < -0.3 is 9.88 Å². The molecule has 4 nitrogen and oxygen atoms in total. The molecular formula is C25H17BrClN3O. The number of nitrogens with one attached hydrogen (secondary N) is 1. The summed E-state index contributed by atoms with van der Waals surface area (Å²) in [5.74, 6) is -0.448. The first-order chi connectivity index (χ1) is 15.0. The number of halogens is 2. The summed E-state index contributed by atoms with van der Waals surface area (Å²) in [5.41, 5.74) is 3.54. The number of carbonyl (C=O) groups excluding carboxylic acids is 1. The number of nitrogens with zero attached hydrogens (tertiary/aromatic N) is 2. The maximum absolute atomic E-state index is 12.7. The van der Waals surface area contributed by atoms with Crippen LogP contribution in [0.1, 0.15) is 11.1 Å². The number of rotatable bonds is 5. The van der Waals surface area contributed by atoms with Crippen LogP contribution >= 0.6 is 27.5 Å². The lowest BCUT2D eigenvalue weighted by molar-refractivity contribution is -0.112. The van der Waals surface area contributed by atoms with Gasteiger partial charge in [-0.15, -0.1) is 0 Å². The van der Waals surface area contributed by atoms with Crippen LogP contribution in [0.2, 0.25) is 5.02 Å². The maximum Gasteiger partial charge on any atom is 0.266 e. The van der Waals surface area contributed by atoms with E-state index in [-0.39, 0.29) is 5.57 Å². The highest BCUT2D eigenvalue weighted by atomic mass is 79.9. The summed E-state index contributed by atoms with van der Waals surface area (Å²) in [7, 11) is 0. The van der Waals surface area contributed by atoms with E-state index in [2.05, 4.69) is 25.8 Å². The summed E-state index contributed by atoms with van der Waals surface area (Å²) in [6, 6.07) is 24.8. The fraction of sp³-hybridized carbons (Fsp3) is 0.0400. The van der Waals surface area contributed by atoms with Crippen molar-refractivity contribution in [3.05, 3.63) is 105 Å². The Morgan fingerprint density at radius 1 is 1.10 bits per heavy atom. The van der Waals surface area contributed by atoms with Crippen molar-refractivity contribution in [1.82, 2.24) is 4.57 Å². The molecule has 4 rings (SSSR count). The molecular weight excluding hydrogens is 474 g/mol. The van der Waals surface area contributed by atoms with Crippen LogP contribution in [0.3, 0.4) is 0 Å². The molecule has 0 aliphatic heterocycles. The molecule has 1 amide bonds. The number of benzene rings is 3. The number of fused-ring (bicyclic) bond motifs is 1. The lowest BCUT2D eigenvalue weighted by atomic mass is 10.1. The normalized spacial score (nSPS) is 11.3. The minimum atomic E-state index is -0.448. The lowest BCUT2D eigenvalue weighted by Crippen LogP contribution is -2.13. The monoisotopic (exact) mass is 489 g/mol. The summed E-state index contributed by atoms with van der Waals surface area (Å²) in [6.45, 7) is 0.627. The van der Waals surface area contributed by atoms with Crippen LogP contribution in [0.5, 0.6) is 0 Å². The van der Waals surface area contributed by atoms with Crippen LogP contribution in [0.4, 0.5) is 5.69 Å². The summed E-state index contributed by atoms with van der Waals surface area (Å²) in [5, 5.41) is 14.0. The smallest absolute Gasteiger partial charge is 0.266 e. The Bertz CT molecular complexity index is 1330. The summed E-state index contributed by atoms with van der Waals surface area (Å²) >= 11 is 9.50. The first-order valence-electron chi connectivity index (χ1n) is 9.54. The number of para-hydroxylation sites is 1. The van der Waals surface area contributed by atoms with Crippen molar-refractivity contribution in [3.8, 4) is 6.07 Å². The average molecular weight is 491 g/mol. The number of anilines is 1. The molecule has 1 heterocycles. The van der Waals surface area contributed by atoms with Gasteiger partial charge in [-0.1, -0.05) is 57.9 Å². The van der Waals surface area contributed by atoms with Gasteiger partial charge in [0.2, 0.25) is 0 Å². The Morgan fingerprint density at radius 2 is 1.87 bits per heavy atom. The van der Waals surface area contributed by atoms with Gasteiger partial charge in [-0.2, -0.15) is 5.26 Å². The molecule has 0 saturated carbocycles. The maximum atomic E-state index is 12.7. The molecule has 0 saturated heterocycles. The van der Waals surface area contributed by atoms with Crippen molar-refractivity contribution >= 4 is 56.1 Å². The van der Waals surface area contributed by atoms with Crippen LogP contribution in [0, 0.1) is 11.3 Å². The van der Waals surface area contributed by atoms with Gasteiger partial charge in [0.05, 0.1) is 0 Å². The molecule has 0 radical (unpaired) electrons. The second-order valence-corrected chi connectivity index (χ2v) is 8.34. The van der Waals surface area contributed by atoms with Crippen molar-refractivity contribution in [3.63, 3.8) is 0 Å². The van der Waals surface area contributed by atoms with Crippen molar-refractivity contribution in [2.75, 3.05) is 5.32 Å². The number of hydrogen-bond donors (Lipinski definition) is 1. The summed E-state index contributed by atoms with van der Waals surface area (Å²) in [4.78, 5) is 12.7. The van der Waals surface area contributed by atoms with Gasteiger partial charge in [-0.25, -0.2) is 0 Å². The van der Waals surface area contributed by atoms with Gasteiger partial charge in [-0.3, -0.25) is 4.79 Å². The minimum Gasteiger partial charge on any atom is -0.342 e. The number of amides is 1. The third kappa shape index (κ3) is 4.88. The van der Waals surface area contributed by atoms with Crippen LogP contribution < -0.4 is 5.32 Å². The van der Waals surface area contributed by atoms with Gasteiger partial charge in [0.15, 0.2) is 0 Å². The van der Waals surface area contributed by atoms with E-state index in [0.717, 1.165) is 26.5 Å². The van der Waals surface area contributed by atoms with Crippen LogP contribution in [0.15, 0.2) is 89.0 Å². The van der Waals surface area contributed by atoms with Gasteiger partial charge in [-0.05, 0) is 54.1 Å². The zero-order valence-corrected chi connectivity index (χ0v) is 18.7. The highest BCUT2D eigenvalue weighted by Crippen LogP contribution is 2.25. The predicted molar refractivity (Wildman–Crippen MR) is 129 cm³/mol. The van der Waals surface area contributed by atoms with Crippen molar-refractivity contribution in [2.24, 2.45) is 0 Å². The largest absolute Gasteiger partial charge is 0.342 e. The van der Waals surface area contributed by atoms with Gasteiger partial charge in [0, 0.05) is 44.4 Å². The molecule has 0 aliphatic carbocycles. The molecule has 152 valence electrons. The summed E-state index contributed by atoms with van der Waals surface area (Å²) in [6.07, 6.45) is 3.58. The van der Waals surface area contributed by atoms with Gasteiger partial charge in [0.1, 0.15) is 11.6 Å². The zero-order valence-electron chi connectivity index (χ0n) is 16.3. The summed E-state index contributed by atoms with van der Waals surface area (Å²) < 4.78 is 3.00. The fourth-order valence-electron chi connectivity index (χ4n) is 3.39. The van der Waals surface area contributed by atoms with E-state index in [0.29, 0.717) is 17.3 Å². The van der Waals surface area contributed by atoms with Crippen LogP contribution in [-0.4, -0.2) is 10.5 Å². The third-order valence-electron chi connectivity index (χ3n) is 4.83. The molecule has 0 unspecified atom stereocenters. The Kier molecular flexibility index (Phi) is 6.22. The van der Waals surface area contributed by atoms with E-state index in [1.807, 2.05) is 72.9 Å². The number of hydrogen-bond acceptors (Lipinski definition) is 2. The SMILES string of the molecule is N#C/C(=C\c1cn(Cc2cccc(Cl)c2)c2ccccc12)C(=O)Nc1ccc(Br)cc1. The highest BCUT2D eigenvalue weighted by molar-refractivity contribution is 9.10. The molecule has 1 N–H and O–H groups in total. The van der Waals surface area contributed by atoms with E-state index < -0.39 is 5.91 Å². The minimum absolute atomic E-state index is 0.0357. The molecule has 31 heavy (non-hydrogen) atoms. The van der Waals surface area contributed by atoms with E-state index in [1.54, 1.807) is 18.2 Å². The first kappa shape index (κ1) is 20.9. The molecule has 0 aliphatic rings. The Morgan fingerprint density at radius 3 is 2.61 bits per heavy atom. The average Bonchev–Trinajstić information content (AvgIpc) is 3.11. The molecule has 3 aromatic carbocycles. The van der Waals surface area contributed by atoms with Crippen molar-refractivity contribution < 1.29 is 4.79 Å². The van der Waals surface area contributed by atoms with Gasteiger partial charge >= 0.3 is 0 Å². The predicted octanol–water partition coefficient (Wildman–Crippen LogP) is 6.65. The second-order valence-electron chi connectivity index (χ2n) is 6.99. The Balaban J connectivity index is 1.67. The molecule has 0 atom stereocenters. The van der Waals surface area contributed by atoms with E-state index in [1.165, 1.54) is 0 Å². The number of nitriles is 1. The molecule has 0 bridgehead atoms. The standard InChI is InChI=1S/C25H17BrClN3O/c26-20-8-10-22(11-9-20)29-25(31)18(14-28)13-19-16-30(24-7-2-1-6-23(19)24)15-17-4-3-5-21(27)12-17/h1-13,16H,15H2,(H,29,31)/b18-13+. The van der Waals surface area contributed by atoms with E-state index in [9.17, 15) is 10.1 Å². The number of aromatic nitrogens is 1. The van der Waals surface area contributed by atoms with Crippen molar-refractivity contribution in [1.29, 1.82) is 5.26 Å². The molecule has 0 spiro atoms. The molecule has 4 aromatic rings. The van der Waals surface area contributed by atoms with Crippen LogP contribution in [0.25, 0.3) is 17.0 Å². The molecule has 6 heteroatoms. The quantitative estimate of drug-likeness (QED) is 0.251. The second kappa shape index (κ2) is 9.22. The highest BCUT2D eigenvalue weighted by Gasteiger charge is 2.13. The first-order valence-corrected chi connectivity index (χ1v) is 10.7. The molecule has 0 fully saturated rings. The van der Waals surface area contributed by atoms with Gasteiger partial charge in [0.25, 0.3) is 5.91 Å². The fourth-order valence-corrected chi connectivity index (χ4v) is 3.87. The lowest BCUT2D eigenvalue weighted by Gasteiger charge is -2.06. The third-order valence-corrected chi connectivity index (χ3v) is 5.59. The zero-order chi connectivity index (χ0) is 21.8. The Hall–Kier alpha value is -3.33. The topological polar surface area (TPSA) is 57.8 Å². The van der Waals surface area contributed by atoms with E-state index in [4.69, 9.17) is 11.6 Å². The molecule has 1 aromatic heterocycles. The van der Waals surface area contributed by atoms with Crippen molar-refractivity contribution in [2.45, 2.75) is 6.54 Å².